The zero-order valence-corrected chi connectivity index (χ0v) is 20.0. The topological polar surface area (TPSA) is 200 Å². The van der Waals surface area contributed by atoms with Gasteiger partial charge in [0.1, 0.15) is 23.9 Å². The molecule has 35 heavy (non-hydrogen) atoms. The van der Waals surface area contributed by atoms with Gasteiger partial charge in [-0.2, -0.15) is 11.8 Å². The minimum absolute atomic E-state index is 0.0143. The van der Waals surface area contributed by atoms with E-state index in [-0.39, 0.29) is 31.6 Å². The molecule has 0 spiro atoms. The van der Waals surface area contributed by atoms with Crippen LogP contribution in [-0.2, 0) is 32.0 Å². The maximum absolute atomic E-state index is 13.0. The van der Waals surface area contributed by atoms with Crippen LogP contribution in [0.4, 0.5) is 0 Å². The number of phenols is 1. The van der Waals surface area contributed by atoms with Gasteiger partial charge in [0, 0.05) is 24.7 Å². The van der Waals surface area contributed by atoms with Crippen LogP contribution in [0.25, 0.3) is 0 Å². The predicted octanol–water partition coefficient (Wildman–Crippen LogP) is -0.849. The molecule has 2 rings (SSSR count). The molecule has 0 fully saturated rings. The van der Waals surface area contributed by atoms with Gasteiger partial charge >= 0.3 is 5.97 Å². The Morgan fingerprint density at radius 3 is 2.26 bits per heavy atom. The van der Waals surface area contributed by atoms with Crippen LogP contribution in [0.3, 0.4) is 0 Å². The second-order valence-electron chi connectivity index (χ2n) is 7.72. The van der Waals surface area contributed by atoms with Crippen LogP contribution in [0.5, 0.6) is 5.75 Å². The smallest absolute Gasteiger partial charge is 0.326 e. The van der Waals surface area contributed by atoms with Crippen molar-refractivity contribution in [2.24, 2.45) is 5.73 Å². The number of rotatable bonds is 14. The molecule has 3 amide bonds. The van der Waals surface area contributed by atoms with E-state index in [9.17, 15) is 29.4 Å². The van der Waals surface area contributed by atoms with E-state index in [1.54, 1.807) is 12.1 Å². The highest BCUT2D eigenvalue weighted by atomic mass is 32.2. The van der Waals surface area contributed by atoms with E-state index in [0.29, 0.717) is 17.0 Å². The highest BCUT2D eigenvalue weighted by molar-refractivity contribution is 7.98. The van der Waals surface area contributed by atoms with Gasteiger partial charge in [0.25, 0.3) is 0 Å². The number of phenolic OH excluding ortho intramolecular Hbond substituents is 1. The van der Waals surface area contributed by atoms with Crippen molar-refractivity contribution in [3.05, 3.63) is 48.0 Å². The monoisotopic (exact) mass is 506 g/mol. The van der Waals surface area contributed by atoms with E-state index in [4.69, 9.17) is 5.73 Å². The third kappa shape index (κ3) is 9.29. The molecule has 0 bridgehead atoms. The normalized spacial score (nSPS) is 13.3. The van der Waals surface area contributed by atoms with Crippen molar-refractivity contribution < 1.29 is 29.4 Å². The molecule has 12 nitrogen and oxygen atoms in total. The first kappa shape index (κ1) is 27.7. The first-order valence-electron chi connectivity index (χ1n) is 10.8. The Labute approximate surface area is 206 Å². The van der Waals surface area contributed by atoms with Gasteiger partial charge in [0.05, 0.1) is 12.9 Å². The molecule has 3 atom stereocenters. The molecule has 0 aliphatic rings. The molecule has 0 saturated carbocycles. The maximum Gasteiger partial charge on any atom is 0.326 e. The number of carbonyl (C=O) groups is 4. The third-order valence-corrected chi connectivity index (χ3v) is 5.69. The molecular weight excluding hydrogens is 476 g/mol. The van der Waals surface area contributed by atoms with E-state index in [1.807, 2.05) is 6.26 Å². The average Bonchev–Trinajstić information content (AvgIpc) is 3.35. The second kappa shape index (κ2) is 14.0. The van der Waals surface area contributed by atoms with Gasteiger partial charge in [-0.15, -0.1) is 0 Å². The first-order valence-corrected chi connectivity index (χ1v) is 12.2. The van der Waals surface area contributed by atoms with Crippen LogP contribution in [0.15, 0.2) is 36.8 Å². The molecule has 0 saturated heterocycles. The lowest BCUT2D eigenvalue weighted by Gasteiger charge is -2.24. The number of H-pyrrole nitrogens is 1. The molecule has 2 aromatic rings. The molecule has 190 valence electrons. The number of thioether (sulfide) groups is 1. The number of aromatic hydroxyl groups is 1. The van der Waals surface area contributed by atoms with Crippen molar-refractivity contribution in [3.8, 4) is 5.75 Å². The fourth-order valence-corrected chi connectivity index (χ4v) is 3.67. The molecule has 1 aromatic carbocycles. The number of amides is 3. The quantitative estimate of drug-likeness (QED) is 0.170. The minimum atomic E-state index is -1.25. The number of hydrogen-bond acceptors (Lipinski definition) is 8. The number of nitrogens with two attached hydrogens (primary N) is 1. The van der Waals surface area contributed by atoms with Crippen LogP contribution < -0.4 is 21.7 Å². The van der Waals surface area contributed by atoms with E-state index in [2.05, 4.69) is 25.9 Å². The summed E-state index contributed by atoms with van der Waals surface area (Å²) in [7, 11) is 0. The first-order chi connectivity index (χ1) is 16.7. The van der Waals surface area contributed by atoms with Crippen molar-refractivity contribution in [1.82, 2.24) is 25.9 Å². The summed E-state index contributed by atoms with van der Waals surface area (Å²) in [6.45, 7) is -0.319. The van der Waals surface area contributed by atoms with Gasteiger partial charge in [0.15, 0.2) is 0 Å². The van der Waals surface area contributed by atoms with E-state index >= 15 is 0 Å². The number of carboxylic acid groups (broad SMARTS) is 1. The number of nitrogens with one attached hydrogen (secondary N) is 4. The van der Waals surface area contributed by atoms with Gasteiger partial charge in [-0.1, -0.05) is 12.1 Å². The Kier molecular flexibility index (Phi) is 11.0. The molecule has 1 aromatic heterocycles. The summed E-state index contributed by atoms with van der Waals surface area (Å²) in [5, 5.41) is 26.7. The second-order valence-corrected chi connectivity index (χ2v) is 8.70. The number of aromatic amines is 1. The van der Waals surface area contributed by atoms with Crippen molar-refractivity contribution >= 4 is 35.5 Å². The maximum atomic E-state index is 13.0. The Morgan fingerprint density at radius 2 is 1.69 bits per heavy atom. The SMILES string of the molecule is CSCCC(NC(=O)C(Cc1cnc[nH]1)NC(=O)CN)C(=O)NC(Cc1ccc(O)cc1)C(=O)O. The van der Waals surface area contributed by atoms with Gasteiger partial charge in [0.2, 0.25) is 17.7 Å². The van der Waals surface area contributed by atoms with Gasteiger partial charge in [-0.05, 0) is 36.1 Å². The van der Waals surface area contributed by atoms with Crippen molar-refractivity contribution in [2.75, 3.05) is 18.6 Å². The van der Waals surface area contributed by atoms with E-state index < -0.39 is 41.8 Å². The average molecular weight is 507 g/mol. The Morgan fingerprint density at radius 1 is 1.03 bits per heavy atom. The number of hydrogen-bond donors (Lipinski definition) is 7. The molecule has 0 radical (unpaired) electrons. The minimum Gasteiger partial charge on any atom is -0.508 e. The highest BCUT2D eigenvalue weighted by Crippen LogP contribution is 2.12. The van der Waals surface area contributed by atoms with Crippen molar-refractivity contribution in [2.45, 2.75) is 37.4 Å². The lowest BCUT2D eigenvalue weighted by Crippen LogP contribution is -2.57. The van der Waals surface area contributed by atoms with Gasteiger partial charge < -0.3 is 36.9 Å². The van der Waals surface area contributed by atoms with Crippen molar-refractivity contribution in [1.29, 1.82) is 0 Å². The summed E-state index contributed by atoms with van der Waals surface area (Å²) >= 11 is 1.46. The zero-order chi connectivity index (χ0) is 25.8. The number of imidazole rings is 1. The highest BCUT2D eigenvalue weighted by Gasteiger charge is 2.29. The molecule has 8 N–H and O–H groups in total. The van der Waals surface area contributed by atoms with Crippen LogP contribution >= 0.6 is 11.8 Å². The number of aromatic nitrogens is 2. The fraction of sp³-hybridized carbons (Fsp3) is 0.409. The van der Waals surface area contributed by atoms with Gasteiger partial charge in [-0.3, -0.25) is 14.4 Å². The zero-order valence-electron chi connectivity index (χ0n) is 19.2. The summed E-state index contributed by atoms with van der Waals surface area (Å²) in [5.74, 6) is -2.51. The molecule has 0 aliphatic carbocycles. The number of carboxylic acids is 1. The van der Waals surface area contributed by atoms with Crippen LogP contribution in [-0.4, -0.2) is 80.6 Å². The molecule has 3 unspecified atom stereocenters. The third-order valence-electron chi connectivity index (χ3n) is 5.05. The summed E-state index contributed by atoms with van der Waals surface area (Å²) in [4.78, 5) is 56.4. The summed E-state index contributed by atoms with van der Waals surface area (Å²) < 4.78 is 0. The molecular formula is C22H30N6O6S. The summed E-state index contributed by atoms with van der Waals surface area (Å²) in [5.41, 5.74) is 6.55. The van der Waals surface area contributed by atoms with E-state index in [0.717, 1.165) is 0 Å². The van der Waals surface area contributed by atoms with Crippen LogP contribution in [0.2, 0.25) is 0 Å². The Bertz CT molecular complexity index is 985. The fourth-order valence-electron chi connectivity index (χ4n) is 3.20. The van der Waals surface area contributed by atoms with E-state index in [1.165, 1.54) is 36.4 Å². The largest absolute Gasteiger partial charge is 0.508 e. The van der Waals surface area contributed by atoms with Crippen molar-refractivity contribution in [3.63, 3.8) is 0 Å². The number of benzene rings is 1. The molecule has 1 heterocycles. The number of aliphatic carboxylic acids is 1. The lowest BCUT2D eigenvalue weighted by molar-refractivity contribution is -0.142. The predicted molar refractivity (Wildman–Crippen MR) is 130 cm³/mol. The molecule has 0 aliphatic heterocycles. The Hall–Kier alpha value is -3.58. The molecule has 13 heteroatoms. The van der Waals surface area contributed by atoms with Crippen LogP contribution in [0.1, 0.15) is 17.7 Å². The lowest BCUT2D eigenvalue weighted by atomic mass is 10.0. The van der Waals surface area contributed by atoms with Gasteiger partial charge in [-0.25, -0.2) is 9.78 Å². The number of nitrogens with zero attached hydrogens (tertiary/aromatic N) is 1. The summed E-state index contributed by atoms with van der Waals surface area (Å²) in [6.07, 6.45) is 5.10. The Balaban J connectivity index is 2.13. The van der Waals surface area contributed by atoms with Crippen LogP contribution in [0, 0.1) is 0 Å². The standard InChI is InChI=1S/C22H30N6O6S/c1-35-7-6-16(20(31)28-18(22(33)34)8-13-2-4-15(29)5-3-13)27-21(32)17(26-19(30)10-23)9-14-11-24-12-25-14/h2-5,11-12,16-18,29H,6-10,23H2,1H3,(H,24,25)(H,26,30)(H,27,32)(H,28,31)(H,33,34). The summed E-state index contributed by atoms with van der Waals surface area (Å²) in [6, 6.07) is 2.66. The number of carbonyl (C=O) groups excluding carboxylic acids is 3.